The lowest BCUT2D eigenvalue weighted by molar-refractivity contribution is -0.112. The summed E-state index contributed by atoms with van der Waals surface area (Å²) in [5.74, 6) is 0.308. The van der Waals surface area contributed by atoms with Crippen LogP contribution in [-0.4, -0.2) is 17.5 Å². The zero-order valence-electron chi connectivity index (χ0n) is 16.8. The number of aromatic nitrogens is 1. The third kappa shape index (κ3) is 5.21. The quantitative estimate of drug-likeness (QED) is 0.314. The summed E-state index contributed by atoms with van der Waals surface area (Å²) in [6.45, 7) is 6.82. The standard InChI is InChI=1S/C23H23N3O2S/c1-4-5-10-28-19-8-6-17(7-9-19)13-18(14-24)22(27)26-23-25-21-16(3)11-15(2)12-20(21)29-23/h6-9,11-13H,4-5,10H2,1-3H3,(H,25,26,27)/b18-13+. The number of benzene rings is 2. The van der Waals surface area contributed by atoms with E-state index in [9.17, 15) is 10.1 Å². The fourth-order valence-electron chi connectivity index (χ4n) is 2.90. The number of aryl methyl sites for hydroxylation is 2. The molecule has 6 heteroatoms. The van der Waals surface area contributed by atoms with E-state index in [4.69, 9.17) is 4.74 Å². The van der Waals surface area contributed by atoms with Crippen molar-refractivity contribution in [1.82, 2.24) is 4.98 Å². The Balaban J connectivity index is 1.73. The van der Waals surface area contributed by atoms with Gasteiger partial charge < -0.3 is 4.74 Å². The molecule has 0 radical (unpaired) electrons. The average molecular weight is 406 g/mol. The third-order valence-corrected chi connectivity index (χ3v) is 5.29. The molecule has 0 aliphatic heterocycles. The number of ether oxygens (including phenoxy) is 1. The first-order valence-corrected chi connectivity index (χ1v) is 10.4. The fraction of sp³-hybridized carbons (Fsp3) is 0.261. The van der Waals surface area contributed by atoms with E-state index < -0.39 is 5.91 Å². The highest BCUT2D eigenvalue weighted by atomic mass is 32.1. The van der Waals surface area contributed by atoms with Gasteiger partial charge in [0.05, 0.1) is 16.8 Å². The number of thiazole rings is 1. The van der Waals surface area contributed by atoms with Gasteiger partial charge in [-0.15, -0.1) is 0 Å². The van der Waals surface area contributed by atoms with Crippen LogP contribution in [0.2, 0.25) is 0 Å². The average Bonchev–Trinajstić information content (AvgIpc) is 3.10. The van der Waals surface area contributed by atoms with Crippen molar-refractivity contribution in [2.45, 2.75) is 33.6 Å². The summed E-state index contributed by atoms with van der Waals surface area (Å²) < 4.78 is 6.65. The molecule has 1 amide bonds. The molecule has 0 saturated carbocycles. The number of rotatable bonds is 7. The largest absolute Gasteiger partial charge is 0.494 e. The molecule has 0 unspecified atom stereocenters. The zero-order valence-corrected chi connectivity index (χ0v) is 17.6. The Bertz CT molecular complexity index is 1090. The summed E-state index contributed by atoms with van der Waals surface area (Å²) in [5.41, 5.74) is 3.87. The number of fused-ring (bicyclic) bond motifs is 1. The van der Waals surface area contributed by atoms with Crippen molar-refractivity contribution in [2.24, 2.45) is 0 Å². The molecule has 1 N–H and O–H groups in total. The SMILES string of the molecule is CCCCOc1ccc(/C=C(\C#N)C(=O)Nc2nc3c(C)cc(C)cc3s2)cc1. The number of amides is 1. The predicted octanol–water partition coefficient (Wildman–Crippen LogP) is 5.64. The van der Waals surface area contributed by atoms with Crippen molar-refractivity contribution in [2.75, 3.05) is 11.9 Å². The van der Waals surface area contributed by atoms with E-state index in [2.05, 4.69) is 23.3 Å². The monoisotopic (exact) mass is 405 g/mol. The van der Waals surface area contributed by atoms with E-state index in [0.717, 1.165) is 45.5 Å². The van der Waals surface area contributed by atoms with E-state index in [-0.39, 0.29) is 5.57 Å². The normalized spacial score (nSPS) is 11.3. The predicted molar refractivity (Wildman–Crippen MR) is 118 cm³/mol. The Hall–Kier alpha value is -3.17. The number of hydrogen-bond donors (Lipinski definition) is 1. The fourth-order valence-corrected chi connectivity index (χ4v) is 3.94. The molecule has 5 nitrogen and oxygen atoms in total. The highest BCUT2D eigenvalue weighted by Gasteiger charge is 2.13. The van der Waals surface area contributed by atoms with Gasteiger partial charge in [0.1, 0.15) is 17.4 Å². The summed E-state index contributed by atoms with van der Waals surface area (Å²) in [5, 5.41) is 12.7. The van der Waals surface area contributed by atoms with Gasteiger partial charge in [-0.3, -0.25) is 10.1 Å². The lowest BCUT2D eigenvalue weighted by Gasteiger charge is -2.05. The molecular formula is C23H23N3O2S. The third-order valence-electron chi connectivity index (χ3n) is 4.37. The van der Waals surface area contributed by atoms with Gasteiger partial charge in [-0.25, -0.2) is 4.98 Å². The zero-order chi connectivity index (χ0) is 20.8. The molecule has 0 fully saturated rings. The van der Waals surface area contributed by atoms with Gasteiger partial charge in [0, 0.05) is 0 Å². The second-order valence-corrected chi connectivity index (χ2v) is 7.87. The molecule has 3 aromatic rings. The first kappa shape index (κ1) is 20.6. The van der Waals surface area contributed by atoms with Gasteiger partial charge in [-0.1, -0.05) is 42.9 Å². The van der Waals surface area contributed by atoms with Crippen molar-refractivity contribution in [3.05, 3.63) is 58.7 Å². The Kier molecular flexibility index (Phi) is 6.63. The smallest absolute Gasteiger partial charge is 0.268 e. The number of nitrogens with zero attached hydrogens (tertiary/aromatic N) is 2. The molecule has 0 bridgehead atoms. The minimum Gasteiger partial charge on any atom is -0.494 e. The van der Waals surface area contributed by atoms with Crippen LogP contribution < -0.4 is 10.1 Å². The van der Waals surface area contributed by atoms with Gasteiger partial charge in [0.25, 0.3) is 5.91 Å². The van der Waals surface area contributed by atoms with Crippen molar-refractivity contribution in [3.8, 4) is 11.8 Å². The number of nitrogens with one attached hydrogen (secondary N) is 1. The van der Waals surface area contributed by atoms with Gasteiger partial charge in [-0.05, 0) is 61.2 Å². The molecular weight excluding hydrogens is 382 g/mol. The molecule has 0 saturated heterocycles. The highest BCUT2D eigenvalue weighted by molar-refractivity contribution is 7.22. The number of hydrogen-bond acceptors (Lipinski definition) is 5. The second kappa shape index (κ2) is 9.35. The van der Waals surface area contributed by atoms with Gasteiger partial charge in [-0.2, -0.15) is 5.26 Å². The van der Waals surface area contributed by atoms with Gasteiger partial charge >= 0.3 is 0 Å². The molecule has 0 aliphatic rings. The van der Waals surface area contributed by atoms with Crippen molar-refractivity contribution in [1.29, 1.82) is 5.26 Å². The second-order valence-electron chi connectivity index (χ2n) is 6.84. The molecule has 0 spiro atoms. The first-order chi connectivity index (χ1) is 14.0. The van der Waals surface area contributed by atoms with Crippen LogP contribution in [0.5, 0.6) is 5.75 Å². The Morgan fingerprint density at radius 3 is 2.72 bits per heavy atom. The van der Waals surface area contributed by atoms with E-state index in [1.807, 2.05) is 50.2 Å². The molecule has 0 aliphatic carbocycles. The number of anilines is 1. The summed E-state index contributed by atoms with van der Waals surface area (Å²) in [6.07, 6.45) is 3.65. The van der Waals surface area contributed by atoms with Crippen molar-refractivity contribution >= 4 is 38.7 Å². The number of nitriles is 1. The summed E-state index contributed by atoms with van der Waals surface area (Å²) in [4.78, 5) is 17.1. The van der Waals surface area contributed by atoms with Gasteiger partial charge in [0.15, 0.2) is 5.13 Å². The van der Waals surface area contributed by atoms with Crippen LogP contribution in [0.4, 0.5) is 5.13 Å². The highest BCUT2D eigenvalue weighted by Crippen LogP contribution is 2.29. The molecule has 0 atom stereocenters. The van der Waals surface area contributed by atoms with E-state index >= 15 is 0 Å². The summed E-state index contributed by atoms with van der Waals surface area (Å²) in [6, 6.07) is 13.4. The number of carbonyl (C=O) groups excluding carboxylic acids is 1. The molecule has 3 rings (SSSR count). The molecule has 2 aromatic carbocycles. The summed E-state index contributed by atoms with van der Waals surface area (Å²) >= 11 is 1.40. The summed E-state index contributed by atoms with van der Waals surface area (Å²) in [7, 11) is 0. The minimum atomic E-state index is -0.468. The van der Waals surface area contributed by atoms with Crippen LogP contribution in [0.1, 0.15) is 36.5 Å². The Morgan fingerprint density at radius 2 is 2.03 bits per heavy atom. The topological polar surface area (TPSA) is 75.0 Å². The van der Waals surface area contributed by atoms with Crippen LogP contribution >= 0.6 is 11.3 Å². The van der Waals surface area contributed by atoms with E-state index in [1.165, 1.54) is 11.3 Å². The Labute approximate surface area is 174 Å². The van der Waals surface area contributed by atoms with Crippen LogP contribution in [0.3, 0.4) is 0 Å². The van der Waals surface area contributed by atoms with E-state index in [1.54, 1.807) is 6.08 Å². The molecule has 1 heterocycles. The van der Waals surface area contributed by atoms with Gasteiger partial charge in [0.2, 0.25) is 0 Å². The van der Waals surface area contributed by atoms with Crippen LogP contribution in [-0.2, 0) is 4.79 Å². The first-order valence-electron chi connectivity index (χ1n) is 9.54. The molecule has 148 valence electrons. The van der Waals surface area contributed by atoms with Crippen LogP contribution in [0.15, 0.2) is 42.0 Å². The Morgan fingerprint density at radius 1 is 1.28 bits per heavy atom. The maximum absolute atomic E-state index is 12.6. The van der Waals surface area contributed by atoms with Crippen LogP contribution in [0.25, 0.3) is 16.3 Å². The minimum absolute atomic E-state index is 0.0248. The maximum atomic E-state index is 12.6. The maximum Gasteiger partial charge on any atom is 0.268 e. The number of carbonyl (C=O) groups is 1. The van der Waals surface area contributed by atoms with E-state index in [0.29, 0.717) is 11.7 Å². The van der Waals surface area contributed by atoms with Crippen molar-refractivity contribution < 1.29 is 9.53 Å². The number of unbranched alkanes of at least 4 members (excludes halogenated alkanes) is 1. The van der Waals surface area contributed by atoms with Crippen LogP contribution in [0, 0.1) is 25.2 Å². The lowest BCUT2D eigenvalue weighted by Crippen LogP contribution is -2.13. The van der Waals surface area contributed by atoms with Crippen molar-refractivity contribution in [3.63, 3.8) is 0 Å². The molecule has 29 heavy (non-hydrogen) atoms. The molecule has 1 aromatic heterocycles. The lowest BCUT2D eigenvalue weighted by atomic mass is 10.1.